The lowest BCUT2D eigenvalue weighted by Gasteiger charge is -2.22. The summed E-state index contributed by atoms with van der Waals surface area (Å²) in [5, 5.41) is 2.51. The predicted octanol–water partition coefficient (Wildman–Crippen LogP) is 4.03. The molecule has 0 atom stereocenters. The quantitative estimate of drug-likeness (QED) is 0.714. The number of hydrogen-bond donors (Lipinski definition) is 1. The van der Waals surface area contributed by atoms with Crippen LogP contribution < -0.4 is 10.2 Å². The highest BCUT2D eigenvalue weighted by Gasteiger charge is 2.14. The zero-order valence-corrected chi connectivity index (χ0v) is 14.7. The Morgan fingerprint density at radius 3 is 2.52 bits per heavy atom. The van der Waals surface area contributed by atoms with E-state index in [0.717, 1.165) is 17.7 Å². The van der Waals surface area contributed by atoms with Gasteiger partial charge in [0, 0.05) is 30.9 Å². The van der Waals surface area contributed by atoms with E-state index in [4.69, 9.17) is 0 Å². The van der Waals surface area contributed by atoms with Crippen molar-refractivity contribution in [2.45, 2.75) is 13.5 Å². The van der Waals surface area contributed by atoms with Gasteiger partial charge in [-0.25, -0.2) is 18.7 Å². The molecule has 27 heavy (non-hydrogen) atoms. The summed E-state index contributed by atoms with van der Waals surface area (Å²) < 4.78 is 26.3. The summed E-state index contributed by atoms with van der Waals surface area (Å²) in [6.07, 6.45) is 1.31. The SMILES string of the molecule is CCN(Cc1ccccc1)c1cc(C(=O)Nc2ccc(F)c(F)c2)ncn1. The lowest BCUT2D eigenvalue weighted by Crippen LogP contribution is -2.24. The summed E-state index contributed by atoms with van der Waals surface area (Å²) in [4.78, 5) is 22.6. The fraction of sp³-hybridized carbons (Fsp3) is 0.150. The van der Waals surface area contributed by atoms with Crippen molar-refractivity contribution in [3.63, 3.8) is 0 Å². The molecule has 0 aliphatic heterocycles. The van der Waals surface area contributed by atoms with Gasteiger partial charge in [-0.15, -0.1) is 0 Å². The zero-order chi connectivity index (χ0) is 19.2. The van der Waals surface area contributed by atoms with Crippen molar-refractivity contribution in [3.05, 3.63) is 83.8 Å². The Morgan fingerprint density at radius 2 is 1.81 bits per heavy atom. The number of hydrogen-bond acceptors (Lipinski definition) is 4. The number of halogens is 2. The highest BCUT2D eigenvalue weighted by Crippen LogP contribution is 2.17. The van der Waals surface area contributed by atoms with Crippen LogP contribution in [0, 0.1) is 11.6 Å². The van der Waals surface area contributed by atoms with Crippen molar-refractivity contribution in [1.29, 1.82) is 0 Å². The molecule has 0 aliphatic rings. The van der Waals surface area contributed by atoms with E-state index in [1.54, 1.807) is 6.07 Å². The number of nitrogens with one attached hydrogen (secondary N) is 1. The Balaban J connectivity index is 1.77. The minimum Gasteiger partial charge on any atom is -0.352 e. The van der Waals surface area contributed by atoms with Gasteiger partial charge in [0.2, 0.25) is 0 Å². The number of carbonyl (C=O) groups is 1. The average molecular weight is 368 g/mol. The van der Waals surface area contributed by atoms with Crippen LogP contribution in [-0.4, -0.2) is 22.4 Å². The molecule has 0 unspecified atom stereocenters. The standard InChI is InChI=1S/C20H18F2N4O/c1-2-26(12-14-6-4-3-5-7-14)19-11-18(23-13-24-19)20(27)25-15-8-9-16(21)17(22)10-15/h3-11,13H,2,12H2,1H3,(H,25,27). The molecule has 0 spiro atoms. The van der Waals surface area contributed by atoms with Gasteiger partial charge >= 0.3 is 0 Å². The van der Waals surface area contributed by atoms with E-state index in [-0.39, 0.29) is 11.4 Å². The van der Waals surface area contributed by atoms with Gasteiger partial charge in [0.25, 0.3) is 5.91 Å². The van der Waals surface area contributed by atoms with Gasteiger partial charge in [-0.1, -0.05) is 30.3 Å². The number of anilines is 2. The lowest BCUT2D eigenvalue weighted by molar-refractivity contribution is 0.102. The molecule has 1 heterocycles. The van der Waals surface area contributed by atoms with Crippen molar-refractivity contribution in [2.75, 3.05) is 16.8 Å². The fourth-order valence-corrected chi connectivity index (χ4v) is 2.57. The van der Waals surface area contributed by atoms with Crippen LogP contribution in [0.15, 0.2) is 60.9 Å². The summed E-state index contributed by atoms with van der Waals surface area (Å²) in [5.41, 5.74) is 1.40. The van der Waals surface area contributed by atoms with E-state index in [2.05, 4.69) is 15.3 Å². The summed E-state index contributed by atoms with van der Waals surface area (Å²) >= 11 is 0. The lowest BCUT2D eigenvalue weighted by atomic mass is 10.2. The first-order chi connectivity index (χ1) is 13.1. The molecule has 1 amide bonds. The molecular formula is C20H18F2N4O. The maximum absolute atomic E-state index is 13.3. The van der Waals surface area contributed by atoms with Crippen LogP contribution >= 0.6 is 0 Å². The minimum absolute atomic E-state index is 0.135. The van der Waals surface area contributed by atoms with E-state index >= 15 is 0 Å². The second kappa shape index (κ2) is 8.35. The first-order valence-electron chi connectivity index (χ1n) is 8.44. The summed E-state index contributed by atoms with van der Waals surface area (Å²) in [5.74, 6) is -1.93. The van der Waals surface area contributed by atoms with Gasteiger partial charge in [-0.3, -0.25) is 4.79 Å². The molecule has 0 saturated carbocycles. The number of amides is 1. The van der Waals surface area contributed by atoms with Crippen LogP contribution in [0.5, 0.6) is 0 Å². The van der Waals surface area contributed by atoms with Crippen molar-refractivity contribution < 1.29 is 13.6 Å². The number of benzene rings is 2. The second-order valence-electron chi connectivity index (χ2n) is 5.84. The van der Waals surface area contributed by atoms with Gasteiger partial charge in [0.1, 0.15) is 17.8 Å². The largest absolute Gasteiger partial charge is 0.352 e. The molecule has 2 aromatic carbocycles. The Labute approximate surface area is 155 Å². The number of nitrogens with zero attached hydrogens (tertiary/aromatic N) is 3. The normalized spacial score (nSPS) is 10.5. The molecule has 5 nitrogen and oxygen atoms in total. The Morgan fingerprint density at radius 1 is 1.04 bits per heavy atom. The Bertz CT molecular complexity index is 934. The minimum atomic E-state index is -1.03. The first-order valence-corrected chi connectivity index (χ1v) is 8.44. The first kappa shape index (κ1) is 18.4. The average Bonchev–Trinajstić information content (AvgIpc) is 2.70. The van der Waals surface area contributed by atoms with Crippen molar-refractivity contribution in [1.82, 2.24) is 9.97 Å². The summed E-state index contributed by atoms with van der Waals surface area (Å²) in [6.45, 7) is 3.32. The molecule has 3 aromatic rings. The molecule has 7 heteroatoms. The monoisotopic (exact) mass is 368 g/mol. The van der Waals surface area contributed by atoms with Crippen LogP contribution in [0.3, 0.4) is 0 Å². The van der Waals surface area contributed by atoms with Crippen LogP contribution in [0.1, 0.15) is 23.0 Å². The number of carbonyl (C=O) groups excluding carboxylic acids is 1. The molecule has 138 valence electrons. The molecule has 3 rings (SSSR count). The number of rotatable bonds is 6. The van der Waals surface area contributed by atoms with E-state index in [0.29, 0.717) is 18.9 Å². The predicted molar refractivity (Wildman–Crippen MR) is 99.5 cm³/mol. The molecule has 0 bridgehead atoms. The van der Waals surface area contributed by atoms with Crippen molar-refractivity contribution in [3.8, 4) is 0 Å². The topological polar surface area (TPSA) is 58.1 Å². The third-order valence-corrected chi connectivity index (χ3v) is 3.98. The second-order valence-corrected chi connectivity index (χ2v) is 5.84. The van der Waals surface area contributed by atoms with Crippen molar-refractivity contribution in [2.24, 2.45) is 0 Å². The van der Waals surface area contributed by atoms with E-state index in [9.17, 15) is 13.6 Å². The smallest absolute Gasteiger partial charge is 0.274 e. The Kier molecular flexibility index (Phi) is 5.71. The van der Waals surface area contributed by atoms with E-state index < -0.39 is 17.5 Å². The maximum atomic E-state index is 13.3. The fourth-order valence-electron chi connectivity index (χ4n) is 2.57. The van der Waals surface area contributed by atoms with Crippen LogP contribution in [0.2, 0.25) is 0 Å². The third-order valence-electron chi connectivity index (χ3n) is 3.98. The van der Waals surface area contributed by atoms with E-state index in [1.807, 2.05) is 42.2 Å². The highest BCUT2D eigenvalue weighted by molar-refractivity contribution is 6.03. The van der Waals surface area contributed by atoms with Gasteiger partial charge in [-0.2, -0.15) is 0 Å². The molecule has 0 saturated heterocycles. The molecular weight excluding hydrogens is 350 g/mol. The van der Waals surface area contributed by atoms with Gasteiger partial charge < -0.3 is 10.2 Å². The number of aromatic nitrogens is 2. The molecule has 0 aliphatic carbocycles. The van der Waals surface area contributed by atoms with Crippen LogP contribution in [-0.2, 0) is 6.54 Å². The maximum Gasteiger partial charge on any atom is 0.274 e. The molecule has 1 aromatic heterocycles. The van der Waals surface area contributed by atoms with Gasteiger partial charge in [0.15, 0.2) is 11.6 Å². The Hall–Kier alpha value is -3.35. The highest BCUT2D eigenvalue weighted by atomic mass is 19.2. The molecule has 1 N–H and O–H groups in total. The van der Waals surface area contributed by atoms with E-state index in [1.165, 1.54) is 12.4 Å². The zero-order valence-electron chi connectivity index (χ0n) is 14.7. The molecule has 0 radical (unpaired) electrons. The van der Waals surface area contributed by atoms with Crippen LogP contribution in [0.4, 0.5) is 20.3 Å². The van der Waals surface area contributed by atoms with Gasteiger partial charge in [0.05, 0.1) is 0 Å². The van der Waals surface area contributed by atoms with Gasteiger partial charge in [-0.05, 0) is 24.6 Å². The molecule has 0 fully saturated rings. The summed E-state index contributed by atoms with van der Waals surface area (Å²) in [7, 11) is 0. The van der Waals surface area contributed by atoms with Crippen LogP contribution in [0.25, 0.3) is 0 Å². The van der Waals surface area contributed by atoms with Crippen molar-refractivity contribution >= 4 is 17.4 Å². The summed E-state index contributed by atoms with van der Waals surface area (Å²) in [6, 6.07) is 14.6. The third kappa shape index (κ3) is 4.63.